The molecule has 1 aromatic heterocycles. The molecule has 3 nitrogen and oxygen atoms in total. The highest BCUT2D eigenvalue weighted by Crippen LogP contribution is 2.26. The molecule has 0 aliphatic heterocycles. The second-order valence-corrected chi connectivity index (χ2v) is 5.25. The van der Waals surface area contributed by atoms with Crippen LogP contribution in [-0.4, -0.2) is 34.6 Å². The lowest BCUT2D eigenvalue weighted by Gasteiger charge is -2.19. The largest absolute Gasteiger partial charge is 0.387 e. The van der Waals surface area contributed by atoms with Crippen molar-refractivity contribution in [1.82, 2.24) is 9.88 Å². The number of aliphatic hydroxyl groups is 1. The van der Waals surface area contributed by atoms with Gasteiger partial charge in [0.2, 0.25) is 0 Å². The van der Waals surface area contributed by atoms with E-state index >= 15 is 0 Å². The van der Waals surface area contributed by atoms with Crippen LogP contribution in [0.2, 0.25) is 0 Å². The second kappa shape index (κ2) is 6.33. The van der Waals surface area contributed by atoms with Gasteiger partial charge in [-0.2, -0.15) is 0 Å². The normalized spacial score (nSPS) is 13.4. The Kier molecular flexibility index (Phi) is 5.38. The van der Waals surface area contributed by atoms with Gasteiger partial charge >= 0.3 is 0 Å². The Balaban J connectivity index is 2.52. The fourth-order valence-corrected chi connectivity index (χ4v) is 2.78. The standard InChI is InChI=1S/C12H22N2OS/c1-5-14(6-2)8-7-11(15)12-9(3)13-10(4)16-12/h11,15H,5-8H2,1-4H3. The molecule has 1 unspecified atom stereocenters. The molecule has 0 aliphatic carbocycles. The van der Waals surface area contributed by atoms with Crippen LogP contribution in [0.25, 0.3) is 0 Å². The van der Waals surface area contributed by atoms with Crippen molar-refractivity contribution in [2.75, 3.05) is 19.6 Å². The lowest BCUT2D eigenvalue weighted by atomic mass is 10.2. The fourth-order valence-electron chi connectivity index (χ4n) is 1.83. The predicted octanol–water partition coefficient (Wildman–Crippen LogP) is 2.53. The summed E-state index contributed by atoms with van der Waals surface area (Å²) in [5.74, 6) is 0. The molecule has 0 bridgehead atoms. The summed E-state index contributed by atoms with van der Waals surface area (Å²) in [5, 5.41) is 11.1. The lowest BCUT2D eigenvalue weighted by molar-refractivity contribution is 0.147. The van der Waals surface area contributed by atoms with E-state index in [-0.39, 0.29) is 6.10 Å². The van der Waals surface area contributed by atoms with Crippen molar-refractivity contribution in [3.05, 3.63) is 15.6 Å². The highest BCUT2D eigenvalue weighted by atomic mass is 32.1. The maximum atomic E-state index is 10.1. The average molecular weight is 242 g/mol. The molecule has 0 saturated heterocycles. The first-order chi connectivity index (χ1) is 7.58. The number of aromatic nitrogens is 1. The molecule has 0 fully saturated rings. The van der Waals surface area contributed by atoms with Gasteiger partial charge in [-0.05, 0) is 33.4 Å². The molecule has 0 aromatic carbocycles. The van der Waals surface area contributed by atoms with Crippen molar-refractivity contribution in [2.45, 2.75) is 40.2 Å². The maximum Gasteiger partial charge on any atom is 0.0913 e. The van der Waals surface area contributed by atoms with Crippen molar-refractivity contribution < 1.29 is 5.11 Å². The summed E-state index contributed by atoms with van der Waals surface area (Å²) in [6, 6.07) is 0. The van der Waals surface area contributed by atoms with Gasteiger partial charge in [0.15, 0.2) is 0 Å². The van der Waals surface area contributed by atoms with Crippen molar-refractivity contribution in [2.24, 2.45) is 0 Å². The van der Waals surface area contributed by atoms with E-state index < -0.39 is 0 Å². The molecule has 92 valence electrons. The third-order valence-electron chi connectivity index (χ3n) is 2.86. The predicted molar refractivity (Wildman–Crippen MR) is 69.0 cm³/mol. The van der Waals surface area contributed by atoms with E-state index in [1.54, 1.807) is 11.3 Å². The zero-order valence-corrected chi connectivity index (χ0v) is 11.5. The van der Waals surface area contributed by atoms with Crippen LogP contribution in [0.15, 0.2) is 0 Å². The minimum Gasteiger partial charge on any atom is -0.387 e. The Morgan fingerprint density at radius 3 is 2.38 bits per heavy atom. The number of hydrogen-bond acceptors (Lipinski definition) is 4. The Morgan fingerprint density at radius 2 is 1.94 bits per heavy atom. The van der Waals surface area contributed by atoms with Crippen molar-refractivity contribution in [3.8, 4) is 0 Å². The first-order valence-corrected chi connectivity index (χ1v) is 6.74. The molecule has 0 aliphatic rings. The average Bonchev–Trinajstić information content (AvgIpc) is 2.59. The third kappa shape index (κ3) is 3.54. The van der Waals surface area contributed by atoms with E-state index in [2.05, 4.69) is 23.7 Å². The molecule has 1 atom stereocenters. The van der Waals surface area contributed by atoms with Crippen molar-refractivity contribution in [3.63, 3.8) is 0 Å². The summed E-state index contributed by atoms with van der Waals surface area (Å²) in [4.78, 5) is 7.70. The van der Waals surface area contributed by atoms with Crippen LogP contribution >= 0.6 is 11.3 Å². The first kappa shape index (κ1) is 13.6. The van der Waals surface area contributed by atoms with Gasteiger partial charge in [0, 0.05) is 6.54 Å². The van der Waals surface area contributed by atoms with Crippen LogP contribution in [0.4, 0.5) is 0 Å². The molecular formula is C12H22N2OS. The first-order valence-electron chi connectivity index (χ1n) is 5.92. The van der Waals surface area contributed by atoms with Crippen LogP contribution in [-0.2, 0) is 0 Å². The molecule has 0 saturated carbocycles. The van der Waals surface area contributed by atoms with Crippen LogP contribution in [0.3, 0.4) is 0 Å². The topological polar surface area (TPSA) is 36.4 Å². The highest BCUT2D eigenvalue weighted by Gasteiger charge is 2.15. The molecule has 16 heavy (non-hydrogen) atoms. The summed E-state index contributed by atoms with van der Waals surface area (Å²) in [6.07, 6.45) is 0.441. The van der Waals surface area contributed by atoms with Crippen LogP contribution < -0.4 is 0 Å². The Bertz CT molecular complexity index is 321. The summed E-state index contributed by atoms with van der Waals surface area (Å²) < 4.78 is 0. The number of hydrogen-bond donors (Lipinski definition) is 1. The van der Waals surface area contributed by atoms with Crippen LogP contribution in [0.5, 0.6) is 0 Å². The van der Waals surface area contributed by atoms with Gasteiger partial charge in [-0.25, -0.2) is 4.98 Å². The van der Waals surface area contributed by atoms with Gasteiger partial charge in [0.25, 0.3) is 0 Å². The number of nitrogens with zero attached hydrogens (tertiary/aromatic N) is 2. The zero-order chi connectivity index (χ0) is 12.1. The third-order valence-corrected chi connectivity index (χ3v) is 4.03. The lowest BCUT2D eigenvalue weighted by Crippen LogP contribution is -2.25. The summed E-state index contributed by atoms with van der Waals surface area (Å²) >= 11 is 1.61. The van der Waals surface area contributed by atoms with Crippen molar-refractivity contribution >= 4 is 11.3 Å². The summed E-state index contributed by atoms with van der Waals surface area (Å²) in [5.41, 5.74) is 0.981. The van der Waals surface area contributed by atoms with Crippen molar-refractivity contribution in [1.29, 1.82) is 0 Å². The molecular weight excluding hydrogens is 220 g/mol. The van der Waals surface area contributed by atoms with Gasteiger partial charge in [-0.3, -0.25) is 0 Å². The number of aliphatic hydroxyl groups excluding tert-OH is 1. The molecule has 0 amide bonds. The Hall–Kier alpha value is -0.450. The Morgan fingerprint density at radius 1 is 1.31 bits per heavy atom. The number of aryl methyl sites for hydroxylation is 2. The monoisotopic (exact) mass is 242 g/mol. The molecule has 1 N–H and O–H groups in total. The van der Waals surface area contributed by atoms with Gasteiger partial charge in [0.05, 0.1) is 21.7 Å². The van der Waals surface area contributed by atoms with Crippen LogP contribution in [0, 0.1) is 13.8 Å². The van der Waals surface area contributed by atoms with E-state index in [1.165, 1.54) is 0 Å². The molecule has 1 aromatic rings. The van der Waals surface area contributed by atoms with Gasteiger partial charge in [-0.15, -0.1) is 11.3 Å². The van der Waals surface area contributed by atoms with Crippen LogP contribution in [0.1, 0.15) is 42.0 Å². The minimum atomic E-state index is -0.355. The van der Waals surface area contributed by atoms with E-state index in [9.17, 15) is 5.11 Å². The van der Waals surface area contributed by atoms with E-state index in [4.69, 9.17) is 0 Å². The van der Waals surface area contributed by atoms with E-state index in [1.807, 2.05) is 13.8 Å². The fraction of sp³-hybridized carbons (Fsp3) is 0.750. The van der Waals surface area contributed by atoms with Gasteiger partial charge in [-0.1, -0.05) is 13.8 Å². The second-order valence-electron chi connectivity index (χ2n) is 4.01. The molecule has 1 heterocycles. The SMILES string of the molecule is CCN(CC)CCC(O)c1sc(C)nc1C. The molecule has 0 radical (unpaired) electrons. The zero-order valence-electron chi connectivity index (χ0n) is 10.7. The molecule has 0 spiro atoms. The highest BCUT2D eigenvalue weighted by molar-refractivity contribution is 7.11. The molecule has 4 heteroatoms. The smallest absolute Gasteiger partial charge is 0.0913 e. The minimum absolute atomic E-state index is 0.355. The number of thiazole rings is 1. The molecule has 1 rings (SSSR count). The summed E-state index contributed by atoms with van der Waals surface area (Å²) in [6.45, 7) is 11.3. The van der Waals surface area contributed by atoms with E-state index in [0.717, 1.165) is 41.6 Å². The number of rotatable bonds is 6. The van der Waals surface area contributed by atoms with Gasteiger partial charge < -0.3 is 10.0 Å². The Labute approximate surface area is 102 Å². The quantitative estimate of drug-likeness (QED) is 0.833. The summed E-state index contributed by atoms with van der Waals surface area (Å²) in [7, 11) is 0. The maximum absolute atomic E-state index is 10.1. The van der Waals surface area contributed by atoms with E-state index in [0.29, 0.717) is 0 Å². The van der Waals surface area contributed by atoms with Gasteiger partial charge in [0.1, 0.15) is 0 Å².